The molecule has 0 spiro atoms. The number of carboxylic acids is 1. The van der Waals surface area contributed by atoms with Crippen LogP contribution in [-0.2, 0) is 7.05 Å². The fraction of sp³-hybridized carbons (Fsp3) is 0.273. The molecule has 1 aromatic heterocycles. The van der Waals surface area contributed by atoms with Crippen LogP contribution < -0.4 is 4.74 Å². The second kappa shape index (κ2) is 3.84. The Labute approximate surface area is 92.3 Å². The summed E-state index contributed by atoms with van der Waals surface area (Å²) in [4.78, 5) is 15.1. The van der Waals surface area contributed by atoms with Gasteiger partial charge < -0.3 is 14.4 Å². The molecule has 2 aromatic rings. The molecule has 0 radical (unpaired) electrons. The van der Waals surface area contributed by atoms with Crippen LogP contribution in [0.25, 0.3) is 11.0 Å². The van der Waals surface area contributed by atoms with Gasteiger partial charge in [-0.1, -0.05) is 0 Å². The number of ether oxygens (including phenoxy) is 1. The van der Waals surface area contributed by atoms with E-state index in [0.29, 0.717) is 17.9 Å². The van der Waals surface area contributed by atoms with E-state index in [9.17, 15) is 4.79 Å². The fourth-order valence-corrected chi connectivity index (χ4v) is 1.59. The number of fused-ring (bicyclic) bond motifs is 1. The van der Waals surface area contributed by atoms with E-state index < -0.39 is 5.97 Å². The summed E-state index contributed by atoms with van der Waals surface area (Å²) in [5.74, 6) is -0.456. The predicted octanol–water partition coefficient (Wildman–Crippen LogP) is 1.67. The number of rotatable bonds is 3. The molecule has 1 N–H and O–H groups in total. The molecule has 0 amide bonds. The average molecular weight is 220 g/mol. The highest BCUT2D eigenvalue weighted by molar-refractivity contribution is 5.95. The van der Waals surface area contributed by atoms with Crippen molar-refractivity contribution in [3.63, 3.8) is 0 Å². The highest BCUT2D eigenvalue weighted by Gasteiger charge is 2.12. The number of aryl methyl sites for hydroxylation is 1. The molecule has 0 aliphatic rings. The van der Waals surface area contributed by atoms with Crippen LogP contribution in [0.2, 0.25) is 0 Å². The zero-order valence-electron chi connectivity index (χ0n) is 9.10. The third-order valence-corrected chi connectivity index (χ3v) is 2.34. The van der Waals surface area contributed by atoms with E-state index in [4.69, 9.17) is 9.84 Å². The fourth-order valence-electron chi connectivity index (χ4n) is 1.59. The van der Waals surface area contributed by atoms with Gasteiger partial charge in [0.15, 0.2) is 0 Å². The standard InChI is InChI=1S/C11H12N2O3/c1-3-16-9-5-7(11(14)15)4-8-10(9)12-6-13(8)2/h4-6H,3H2,1-2H3,(H,14,15). The molecule has 5 heteroatoms. The van der Waals surface area contributed by atoms with E-state index in [2.05, 4.69) is 4.98 Å². The van der Waals surface area contributed by atoms with Crippen molar-refractivity contribution >= 4 is 17.0 Å². The monoisotopic (exact) mass is 220 g/mol. The third kappa shape index (κ3) is 1.60. The molecule has 0 aliphatic heterocycles. The van der Waals surface area contributed by atoms with Crippen molar-refractivity contribution < 1.29 is 14.6 Å². The molecule has 1 heterocycles. The van der Waals surface area contributed by atoms with Gasteiger partial charge in [-0.25, -0.2) is 9.78 Å². The van der Waals surface area contributed by atoms with Gasteiger partial charge >= 0.3 is 5.97 Å². The lowest BCUT2D eigenvalue weighted by molar-refractivity contribution is 0.0696. The van der Waals surface area contributed by atoms with Crippen LogP contribution in [0.1, 0.15) is 17.3 Å². The molecule has 0 saturated carbocycles. The first-order valence-electron chi connectivity index (χ1n) is 4.94. The summed E-state index contributed by atoms with van der Waals surface area (Å²) in [5.41, 5.74) is 1.65. The molecule has 16 heavy (non-hydrogen) atoms. The van der Waals surface area contributed by atoms with Crippen LogP contribution in [0.4, 0.5) is 0 Å². The molecular weight excluding hydrogens is 208 g/mol. The smallest absolute Gasteiger partial charge is 0.335 e. The summed E-state index contributed by atoms with van der Waals surface area (Å²) in [6, 6.07) is 3.09. The van der Waals surface area contributed by atoms with Gasteiger partial charge in [-0.15, -0.1) is 0 Å². The van der Waals surface area contributed by atoms with Crippen LogP contribution >= 0.6 is 0 Å². The highest BCUT2D eigenvalue weighted by atomic mass is 16.5. The zero-order valence-corrected chi connectivity index (χ0v) is 9.10. The van der Waals surface area contributed by atoms with Crippen molar-refractivity contribution in [1.29, 1.82) is 0 Å². The van der Waals surface area contributed by atoms with E-state index in [-0.39, 0.29) is 5.56 Å². The number of hydrogen-bond donors (Lipinski definition) is 1. The Morgan fingerprint density at radius 2 is 2.31 bits per heavy atom. The number of imidazole rings is 1. The lowest BCUT2D eigenvalue weighted by atomic mass is 10.2. The normalized spacial score (nSPS) is 10.6. The van der Waals surface area contributed by atoms with Gasteiger partial charge in [0, 0.05) is 7.05 Å². The summed E-state index contributed by atoms with van der Waals surface area (Å²) < 4.78 is 7.15. The Morgan fingerprint density at radius 3 is 2.94 bits per heavy atom. The van der Waals surface area contributed by atoms with E-state index in [0.717, 1.165) is 5.52 Å². The summed E-state index contributed by atoms with van der Waals surface area (Å²) >= 11 is 0. The van der Waals surface area contributed by atoms with Gasteiger partial charge in [-0.05, 0) is 19.1 Å². The minimum atomic E-state index is -0.968. The Morgan fingerprint density at radius 1 is 1.56 bits per heavy atom. The summed E-state index contributed by atoms with van der Waals surface area (Å²) in [6.45, 7) is 2.33. The number of hydrogen-bond acceptors (Lipinski definition) is 3. The quantitative estimate of drug-likeness (QED) is 0.854. The van der Waals surface area contributed by atoms with Crippen LogP contribution in [0.15, 0.2) is 18.5 Å². The maximum Gasteiger partial charge on any atom is 0.335 e. The predicted molar refractivity (Wildman–Crippen MR) is 58.8 cm³/mol. The Bertz CT molecular complexity index is 545. The van der Waals surface area contributed by atoms with Gasteiger partial charge in [0.25, 0.3) is 0 Å². The maximum absolute atomic E-state index is 10.9. The molecule has 2 rings (SSSR count). The van der Waals surface area contributed by atoms with Crippen molar-refractivity contribution in [2.24, 2.45) is 7.05 Å². The number of aromatic nitrogens is 2. The minimum Gasteiger partial charge on any atom is -0.492 e. The van der Waals surface area contributed by atoms with Gasteiger partial charge in [0.2, 0.25) is 0 Å². The van der Waals surface area contributed by atoms with Gasteiger partial charge in [-0.2, -0.15) is 0 Å². The number of nitrogens with zero attached hydrogens (tertiary/aromatic N) is 2. The molecule has 0 saturated heterocycles. The molecule has 84 valence electrons. The first-order chi connectivity index (χ1) is 7.63. The SMILES string of the molecule is CCOc1cc(C(=O)O)cc2c1ncn2C. The number of carbonyl (C=O) groups is 1. The van der Waals surface area contributed by atoms with Crippen molar-refractivity contribution in [2.45, 2.75) is 6.92 Å². The van der Waals surface area contributed by atoms with Crippen molar-refractivity contribution in [3.05, 3.63) is 24.0 Å². The van der Waals surface area contributed by atoms with E-state index >= 15 is 0 Å². The summed E-state index contributed by atoms with van der Waals surface area (Å²) in [6.07, 6.45) is 1.64. The van der Waals surface area contributed by atoms with Crippen molar-refractivity contribution in [1.82, 2.24) is 9.55 Å². The lowest BCUT2D eigenvalue weighted by Gasteiger charge is -2.05. The number of benzene rings is 1. The van der Waals surface area contributed by atoms with Crippen LogP contribution in [0.3, 0.4) is 0 Å². The first kappa shape index (κ1) is 10.5. The minimum absolute atomic E-state index is 0.208. The van der Waals surface area contributed by atoms with Gasteiger partial charge in [-0.3, -0.25) is 0 Å². The Hall–Kier alpha value is -2.04. The van der Waals surface area contributed by atoms with Crippen LogP contribution in [0.5, 0.6) is 5.75 Å². The molecule has 5 nitrogen and oxygen atoms in total. The lowest BCUT2D eigenvalue weighted by Crippen LogP contribution is -2.00. The second-order valence-corrected chi connectivity index (χ2v) is 3.44. The van der Waals surface area contributed by atoms with Crippen molar-refractivity contribution in [3.8, 4) is 5.75 Å². The van der Waals surface area contributed by atoms with E-state index in [1.165, 1.54) is 6.07 Å². The topological polar surface area (TPSA) is 64.3 Å². The Kier molecular flexibility index (Phi) is 2.52. The van der Waals surface area contributed by atoms with E-state index in [1.54, 1.807) is 17.0 Å². The second-order valence-electron chi connectivity index (χ2n) is 3.44. The molecular formula is C11H12N2O3. The summed E-state index contributed by atoms with van der Waals surface area (Å²) in [5, 5.41) is 8.98. The maximum atomic E-state index is 10.9. The first-order valence-corrected chi connectivity index (χ1v) is 4.94. The number of carboxylic acid groups (broad SMARTS) is 1. The average Bonchev–Trinajstić information content (AvgIpc) is 2.61. The molecule has 0 aliphatic carbocycles. The summed E-state index contributed by atoms with van der Waals surface area (Å²) in [7, 11) is 1.82. The highest BCUT2D eigenvalue weighted by Crippen LogP contribution is 2.26. The van der Waals surface area contributed by atoms with Gasteiger partial charge in [0.1, 0.15) is 11.3 Å². The largest absolute Gasteiger partial charge is 0.492 e. The van der Waals surface area contributed by atoms with Crippen molar-refractivity contribution in [2.75, 3.05) is 6.61 Å². The number of aromatic carboxylic acids is 1. The molecule has 0 unspecified atom stereocenters. The molecule has 0 fully saturated rings. The molecule has 0 bridgehead atoms. The molecule has 0 atom stereocenters. The third-order valence-electron chi connectivity index (χ3n) is 2.34. The molecule has 1 aromatic carbocycles. The van der Waals surface area contributed by atoms with Crippen LogP contribution in [-0.4, -0.2) is 27.2 Å². The zero-order chi connectivity index (χ0) is 11.7. The Balaban J connectivity index is 2.70. The van der Waals surface area contributed by atoms with Crippen LogP contribution in [0, 0.1) is 0 Å². The van der Waals surface area contributed by atoms with Gasteiger partial charge in [0.05, 0.1) is 24.0 Å². The van der Waals surface area contributed by atoms with E-state index in [1.807, 2.05) is 14.0 Å².